The lowest BCUT2D eigenvalue weighted by atomic mass is 9.46. The van der Waals surface area contributed by atoms with E-state index in [4.69, 9.17) is 14.2 Å². The number of para-hydroxylation sites is 1. The molecule has 1 saturated heterocycles. The van der Waals surface area contributed by atoms with E-state index in [9.17, 15) is 0 Å². The van der Waals surface area contributed by atoms with Crippen molar-refractivity contribution in [3.8, 4) is 5.75 Å². The lowest BCUT2D eigenvalue weighted by molar-refractivity contribution is -0.329. The van der Waals surface area contributed by atoms with Crippen LogP contribution in [-0.2, 0) is 9.47 Å². The Morgan fingerprint density at radius 2 is 1.69 bits per heavy atom. The molecular formula is C26H28O3. The summed E-state index contributed by atoms with van der Waals surface area (Å²) in [5.41, 5.74) is 2.73. The fourth-order valence-electron chi connectivity index (χ4n) is 6.20. The molecule has 7 rings (SSSR count). The van der Waals surface area contributed by atoms with Gasteiger partial charge in [-0.2, -0.15) is 0 Å². The molecule has 2 aromatic rings. The highest BCUT2D eigenvalue weighted by Gasteiger charge is 2.71. The van der Waals surface area contributed by atoms with Gasteiger partial charge in [-0.25, -0.2) is 0 Å². The quantitative estimate of drug-likeness (QED) is 0.663. The zero-order valence-electron chi connectivity index (χ0n) is 17.1. The third kappa shape index (κ3) is 2.50. The molecule has 5 atom stereocenters. The van der Waals surface area contributed by atoms with Crippen molar-refractivity contribution < 1.29 is 14.2 Å². The second kappa shape index (κ2) is 5.96. The van der Waals surface area contributed by atoms with Crippen molar-refractivity contribution in [1.82, 2.24) is 0 Å². The highest BCUT2D eigenvalue weighted by molar-refractivity contribution is 5.70. The van der Waals surface area contributed by atoms with E-state index < -0.39 is 11.6 Å². The van der Waals surface area contributed by atoms with Crippen LogP contribution in [0.25, 0.3) is 5.57 Å². The first kappa shape index (κ1) is 17.7. The molecule has 0 radical (unpaired) electrons. The average molecular weight is 389 g/mol. The van der Waals surface area contributed by atoms with Crippen LogP contribution >= 0.6 is 0 Å². The Morgan fingerprint density at radius 3 is 2.38 bits per heavy atom. The van der Waals surface area contributed by atoms with Gasteiger partial charge in [0.25, 0.3) is 0 Å². The van der Waals surface area contributed by atoms with Crippen LogP contribution < -0.4 is 4.74 Å². The van der Waals surface area contributed by atoms with Gasteiger partial charge in [0.2, 0.25) is 5.79 Å². The van der Waals surface area contributed by atoms with Crippen LogP contribution in [0.4, 0.5) is 0 Å². The summed E-state index contributed by atoms with van der Waals surface area (Å²) in [6, 6.07) is 20.5. The number of ether oxygens (including phenoxy) is 3. The van der Waals surface area contributed by atoms with E-state index in [1.54, 1.807) is 0 Å². The maximum absolute atomic E-state index is 6.95. The summed E-state index contributed by atoms with van der Waals surface area (Å²) >= 11 is 0. The average Bonchev–Trinajstić information content (AvgIpc) is 3.19. The molecule has 1 heterocycles. The largest absolute Gasteiger partial charge is 0.459 e. The smallest absolute Gasteiger partial charge is 0.247 e. The van der Waals surface area contributed by atoms with Crippen molar-refractivity contribution in [1.29, 1.82) is 0 Å². The summed E-state index contributed by atoms with van der Waals surface area (Å²) in [5.74, 6) is 0.764. The van der Waals surface area contributed by atoms with Crippen molar-refractivity contribution in [3.63, 3.8) is 0 Å². The molecule has 4 fully saturated rings. The van der Waals surface area contributed by atoms with Crippen molar-refractivity contribution in [2.45, 2.75) is 57.2 Å². The Balaban J connectivity index is 1.38. The number of benzene rings is 2. The van der Waals surface area contributed by atoms with Gasteiger partial charge in [-0.15, -0.1) is 0 Å². The minimum Gasteiger partial charge on any atom is -0.459 e. The first-order valence-corrected chi connectivity index (χ1v) is 10.9. The first-order chi connectivity index (χ1) is 14.0. The molecule has 2 aromatic carbocycles. The molecular weight excluding hydrogens is 360 g/mol. The summed E-state index contributed by atoms with van der Waals surface area (Å²) < 4.78 is 20.4. The molecule has 0 unspecified atom stereocenters. The van der Waals surface area contributed by atoms with E-state index >= 15 is 0 Å². The van der Waals surface area contributed by atoms with Crippen LogP contribution in [0.15, 0.2) is 66.7 Å². The topological polar surface area (TPSA) is 27.7 Å². The van der Waals surface area contributed by atoms with Gasteiger partial charge in [-0.3, -0.25) is 0 Å². The highest BCUT2D eigenvalue weighted by atomic mass is 16.8. The summed E-state index contributed by atoms with van der Waals surface area (Å²) in [5, 5.41) is 0. The molecule has 0 amide bonds. The molecule has 1 spiro atoms. The third-order valence-electron chi connectivity index (χ3n) is 7.92. The Hall–Kier alpha value is -2.10. The van der Waals surface area contributed by atoms with Crippen LogP contribution in [0.2, 0.25) is 0 Å². The van der Waals surface area contributed by atoms with Gasteiger partial charge in [0.15, 0.2) is 5.79 Å². The van der Waals surface area contributed by atoms with Crippen molar-refractivity contribution >= 4 is 5.57 Å². The number of fused-ring (bicyclic) bond motifs is 2. The van der Waals surface area contributed by atoms with Gasteiger partial charge in [0, 0.05) is 18.8 Å². The summed E-state index contributed by atoms with van der Waals surface area (Å²) in [6.45, 7) is 4.76. The fourth-order valence-corrected chi connectivity index (χ4v) is 6.20. The number of rotatable bonds is 3. The molecule has 0 aromatic heterocycles. The molecule has 150 valence electrons. The highest BCUT2D eigenvalue weighted by Crippen LogP contribution is 2.67. The molecule has 0 N–H and O–H groups in total. The Bertz CT molecular complexity index is 948. The molecule has 2 bridgehead atoms. The van der Waals surface area contributed by atoms with Crippen molar-refractivity contribution in [3.05, 3.63) is 72.3 Å². The Morgan fingerprint density at radius 1 is 0.966 bits per heavy atom. The molecule has 29 heavy (non-hydrogen) atoms. The predicted octanol–water partition coefficient (Wildman–Crippen LogP) is 5.82. The van der Waals surface area contributed by atoms with Gasteiger partial charge in [-0.1, -0.05) is 62.4 Å². The molecule has 1 aliphatic heterocycles. The fraction of sp³-hybridized carbons (Fsp3) is 0.462. The normalized spacial score (nSPS) is 39.0. The zero-order valence-corrected chi connectivity index (χ0v) is 17.1. The maximum Gasteiger partial charge on any atom is 0.247 e. The van der Waals surface area contributed by atoms with Gasteiger partial charge < -0.3 is 14.2 Å². The summed E-state index contributed by atoms with van der Waals surface area (Å²) in [4.78, 5) is 0. The first-order valence-electron chi connectivity index (χ1n) is 10.9. The predicted molar refractivity (Wildman–Crippen MR) is 112 cm³/mol. The van der Waals surface area contributed by atoms with E-state index in [0.29, 0.717) is 12.3 Å². The lowest BCUT2D eigenvalue weighted by Gasteiger charge is -2.62. The molecule has 3 nitrogen and oxygen atoms in total. The maximum atomic E-state index is 6.95. The molecule has 3 heteroatoms. The number of hydrogen-bond donors (Lipinski definition) is 0. The Kier molecular flexibility index (Phi) is 3.65. The van der Waals surface area contributed by atoms with E-state index in [1.807, 2.05) is 30.3 Å². The standard InChI is InChI=1S/C26H28O3/c1-24(2)20-13-14-25(22(24)16-20)28-23-15-19(18-9-5-3-6-10-18)17-26(23,29-25)27-21-11-7-4-8-12-21/h3-12,15,20,22-23H,13-14,16-17H2,1-2H3/t20-,22+,23+,25+,26-/m0/s1. The molecule has 4 aliphatic carbocycles. The van der Waals surface area contributed by atoms with Crippen LogP contribution in [0.5, 0.6) is 5.75 Å². The van der Waals surface area contributed by atoms with Crippen LogP contribution in [-0.4, -0.2) is 17.7 Å². The SMILES string of the molecule is CC1(C)[C@H]2CC[C@]3(O[C@@H]4C=C(c5ccccc5)C[C@]4(Oc4ccccc4)O3)[C@@H]1C2. The van der Waals surface area contributed by atoms with E-state index in [1.165, 1.54) is 24.0 Å². The zero-order chi connectivity index (χ0) is 19.7. The van der Waals surface area contributed by atoms with E-state index in [2.05, 4.69) is 50.3 Å². The number of hydrogen-bond acceptors (Lipinski definition) is 3. The van der Waals surface area contributed by atoms with Gasteiger partial charge in [-0.05, 0) is 53.5 Å². The minimum absolute atomic E-state index is 0.189. The van der Waals surface area contributed by atoms with Crippen molar-refractivity contribution in [2.75, 3.05) is 0 Å². The second-order valence-corrected chi connectivity index (χ2v) is 9.76. The van der Waals surface area contributed by atoms with Crippen LogP contribution in [0.1, 0.15) is 45.1 Å². The summed E-state index contributed by atoms with van der Waals surface area (Å²) in [6.07, 6.45) is 6.10. The Labute approximate surface area is 172 Å². The van der Waals surface area contributed by atoms with E-state index in [0.717, 1.165) is 18.1 Å². The minimum atomic E-state index is -0.787. The van der Waals surface area contributed by atoms with Crippen LogP contribution in [0.3, 0.4) is 0 Å². The lowest BCUT2D eigenvalue weighted by Crippen LogP contribution is -2.62. The van der Waals surface area contributed by atoms with Gasteiger partial charge in [0.1, 0.15) is 11.9 Å². The molecule has 3 saturated carbocycles. The van der Waals surface area contributed by atoms with Gasteiger partial charge >= 0.3 is 0 Å². The monoisotopic (exact) mass is 388 g/mol. The second-order valence-electron chi connectivity index (χ2n) is 9.76. The summed E-state index contributed by atoms with van der Waals surface area (Å²) in [7, 11) is 0. The van der Waals surface area contributed by atoms with Crippen molar-refractivity contribution in [2.24, 2.45) is 17.3 Å². The van der Waals surface area contributed by atoms with Crippen LogP contribution in [0, 0.1) is 17.3 Å². The third-order valence-corrected chi connectivity index (χ3v) is 7.92. The van der Waals surface area contributed by atoms with Gasteiger partial charge in [0.05, 0.1) is 0 Å². The molecule has 5 aliphatic rings. The van der Waals surface area contributed by atoms with E-state index in [-0.39, 0.29) is 11.5 Å².